The molecule has 0 aliphatic heterocycles. The molecule has 0 saturated heterocycles. The van der Waals surface area contributed by atoms with Gasteiger partial charge in [0.05, 0.1) is 11.4 Å². The van der Waals surface area contributed by atoms with Crippen LogP contribution >= 0.6 is 0 Å². The number of carbonyl (C=O) groups is 1. The molecule has 0 aliphatic rings. The van der Waals surface area contributed by atoms with Crippen LogP contribution in [0.2, 0.25) is 0 Å². The summed E-state index contributed by atoms with van der Waals surface area (Å²) >= 11 is 0. The fraction of sp³-hybridized carbons (Fsp3) is 0.615. The molecule has 100 valence electrons. The summed E-state index contributed by atoms with van der Waals surface area (Å²) in [7, 11) is 0. The van der Waals surface area contributed by atoms with E-state index in [0.717, 1.165) is 22.7 Å². The monoisotopic (exact) mass is 250 g/mol. The van der Waals surface area contributed by atoms with Crippen LogP contribution in [0.3, 0.4) is 0 Å². The van der Waals surface area contributed by atoms with Crippen molar-refractivity contribution in [3.8, 4) is 0 Å². The SMILES string of the molecule is CCC(=O)N/N=C(\C)c1c(C)nn(C(C)C)c1C. The van der Waals surface area contributed by atoms with Crippen molar-refractivity contribution in [2.75, 3.05) is 0 Å². The topological polar surface area (TPSA) is 59.3 Å². The largest absolute Gasteiger partial charge is 0.273 e. The van der Waals surface area contributed by atoms with Crippen molar-refractivity contribution < 1.29 is 4.79 Å². The predicted octanol–water partition coefficient (Wildman–Crippen LogP) is 2.33. The number of nitrogens with zero attached hydrogens (tertiary/aromatic N) is 3. The Morgan fingerprint density at radius 3 is 2.50 bits per heavy atom. The minimum Gasteiger partial charge on any atom is -0.273 e. The maximum absolute atomic E-state index is 11.2. The lowest BCUT2D eigenvalue weighted by molar-refractivity contribution is -0.120. The maximum Gasteiger partial charge on any atom is 0.239 e. The van der Waals surface area contributed by atoms with Crippen molar-refractivity contribution in [3.05, 3.63) is 17.0 Å². The molecule has 1 N–H and O–H groups in total. The Kier molecular flexibility index (Phi) is 4.64. The fourth-order valence-corrected chi connectivity index (χ4v) is 1.97. The number of hydrogen-bond acceptors (Lipinski definition) is 3. The minimum absolute atomic E-state index is 0.0825. The van der Waals surface area contributed by atoms with E-state index in [9.17, 15) is 4.79 Å². The molecule has 5 heteroatoms. The van der Waals surface area contributed by atoms with Gasteiger partial charge < -0.3 is 0 Å². The van der Waals surface area contributed by atoms with E-state index >= 15 is 0 Å². The summed E-state index contributed by atoms with van der Waals surface area (Å²) in [6.07, 6.45) is 0.431. The molecule has 5 nitrogen and oxygen atoms in total. The number of hydrogen-bond donors (Lipinski definition) is 1. The van der Waals surface area contributed by atoms with Gasteiger partial charge in [0, 0.05) is 23.7 Å². The first kappa shape index (κ1) is 14.4. The third kappa shape index (κ3) is 2.97. The summed E-state index contributed by atoms with van der Waals surface area (Å²) in [4.78, 5) is 11.2. The maximum atomic E-state index is 11.2. The highest BCUT2D eigenvalue weighted by molar-refractivity contribution is 6.01. The Morgan fingerprint density at radius 2 is 2.06 bits per heavy atom. The van der Waals surface area contributed by atoms with Crippen LogP contribution < -0.4 is 5.43 Å². The Labute approximate surface area is 108 Å². The highest BCUT2D eigenvalue weighted by atomic mass is 16.2. The Morgan fingerprint density at radius 1 is 1.44 bits per heavy atom. The molecule has 1 rings (SSSR count). The van der Waals surface area contributed by atoms with Gasteiger partial charge in [0.25, 0.3) is 0 Å². The van der Waals surface area contributed by atoms with Crippen LogP contribution in [0.25, 0.3) is 0 Å². The molecule has 0 radical (unpaired) electrons. The van der Waals surface area contributed by atoms with Crippen LogP contribution in [-0.4, -0.2) is 21.4 Å². The van der Waals surface area contributed by atoms with E-state index in [2.05, 4.69) is 29.5 Å². The van der Waals surface area contributed by atoms with Gasteiger partial charge in [-0.2, -0.15) is 10.2 Å². The highest BCUT2D eigenvalue weighted by Crippen LogP contribution is 2.17. The lowest BCUT2D eigenvalue weighted by Crippen LogP contribution is -2.18. The number of hydrazone groups is 1. The van der Waals surface area contributed by atoms with Crippen molar-refractivity contribution in [1.29, 1.82) is 0 Å². The predicted molar refractivity (Wildman–Crippen MR) is 72.7 cm³/mol. The molecule has 0 fully saturated rings. The van der Waals surface area contributed by atoms with Gasteiger partial charge in [0.2, 0.25) is 5.91 Å². The number of carbonyl (C=O) groups excluding carboxylic acids is 1. The van der Waals surface area contributed by atoms with E-state index in [1.807, 2.05) is 25.5 Å². The van der Waals surface area contributed by atoms with Gasteiger partial charge in [-0.15, -0.1) is 0 Å². The van der Waals surface area contributed by atoms with Gasteiger partial charge in [-0.1, -0.05) is 6.92 Å². The van der Waals surface area contributed by atoms with E-state index in [1.54, 1.807) is 6.92 Å². The first-order valence-electron chi connectivity index (χ1n) is 6.27. The Balaban J connectivity index is 3.06. The second-order valence-corrected chi connectivity index (χ2v) is 4.67. The molecule has 0 saturated carbocycles. The van der Waals surface area contributed by atoms with Crippen molar-refractivity contribution in [3.63, 3.8) is 0 Å². The van der Waals surface area contributed by atoms with Crippen LogP contribution in [0.1, 0.15) is 57.1 Å². The molecule has 1 aromatic heterocycles. The fourth-order valence-electron chi connectivity index (χ4n) is 1.97. The first-order valence-corrected chi connectivity index (χ1v) is 6.27. The van der Waals surface area contributed by atoms with Crippen molar-refractivity contribution >= 4 is 11.6 Å². The smallest absolute Gasteiger partial charge is 0.239 e. The lowest BCUT2D eigenvalue weighted by atomic mass is 10.1. The summed E-state index contributed by atoms with van der Waals surface area (Å²) < 4.78 is 1.98. The zero-order chi connectivity index (χ0) is 13.9. The van der Waals surface area contributed by atoms with Crippen LogP contribution in [0.15, 0.2) is 5.10 Å². The molecular weight excluding hydrogens is 228 g/mol. The zero-order valence-corrected chi connectivity index (χ0v) is 12.0. The molecule has 1 aromatic rings. The summed E-state index contributed by atoms with van der Waals surface area (Å²) in [5.41, 5.74) is 6.36. The van der Waals surface area contributed by atoms with Crippen molar-refractivity contribution in [2.24, 2.45) is 5.10 Å². The van der Waals surface area contributed by atoms with E-state index < -0.39 is 0 Å². The van der Waals surface area contributed by atoms with Gasteiger partial charge in [-0.25, -0.2) is 5.43 Å². The van der Waals surface area contributed by atoms with Crippen LogP contribution in [0, 0.1) is 13.8 Å². The Bertz CT molecular complexity index is 472. The second-order valence-electron chi connectivity index (χ2n) is 4.67. The number of aromatic nitrogens is 2. The van der Waals surface area contributed by atoms with Gasteiger partial charge in [0.1, 0.15) is 0 Å². The van der Waals surface area contributed by atoms with Gasteiger partial charge in [0.15, 0.2) is 0 Å². The van der Waals surface area contributed by atoms with Crippen LogP contribution in [-0.2, 0) is 4.79 Å². The summed E-state index contributed by atoms with van der Waals surface area (Å²) in [5, 5.41) is 8.62. The number of aryl methyl sites for hydroxylation is 1. The van der Waals surface area contributed by atoms with Crippen molar-refractivity contribution in [1.82, 2.24) is 15.2 Å². The summed E-state index contributed by atoms with van der Waals surface area (Å²) in [5.74, 6) is -0.0825. The van der Waals surface area contributed by atoms with Gasteiger partial charge in [-0.3, -0.25) is 9.48 Å². The third-order valence-corrected chi connectivity index (χ3v) is 2.85. The third-order valence-electron chi connectivity index (χ3n) is 2.85. The summed E-state index contributed by atoms with van der Waals surface area (Å²) in [6, 6.07) is 0.315. The average molecular weight is 250 g/mol. The molecule has 0 unspecified atom stereocenters. The average Bonchev–Trinajstić information content (AvgIpc) is 2.61. The normalized spacial score (nSPS) is 12.1. The second kappa shape index (κ2) is 5.80. The summed E-state index contributed by atoms with van der Waals surface area (Å²) in [6.45, 7) is 11.9. The highest BCUT2D eigenvalue weighted by Gasteiger charge is 2.15. The molecule has 0 atom stereocenters. The molecular formula is C13H22N4O. The van der Waals surface area contributed by atoms with Crippen molar-refractivity contribution in [2.45, 2.75) is 54.0 Å². The van der Waals surface area contributed by atoms with E-state index in [-0.39, 0.29) is 5.91 Å². The molecule has 0 bridgehead atoms. The van der Waals surface area contributed by atoms with Gasteiger partial charge in [-0.05, 0) is 34.6 Å². The molecule has 0 aromatic carbocycles. The molecule has 0 aliphatic carbocycles. The first-order chi connectivity index (χ1) is 8.38. The number of rotatable bonds is 4. The quantitative estimate of drug-likeness (QED) is 0.658. The van der Waals surface area contributed by atoms with E-state index in [1.165, 1.54) is 0 Å². The molecule has 0 spiro atoms. The zero-order valence-electron chi connectivity index (χ0n) is 12.0. The molecule has 18 heavy (non-hydrogen) atoms. The minimum atomic E-state index is -0.0825. The standard InChI is InChI=1S/C13H22N4O/c1-7-12(18)15-14-9(4)13-10(5)16-17(8(2)3)11(13)6/h8H,7H2,1-6H3,(H,15,18)/b14-9+. The van der Waals surface area contributed by atoms with Crippen LogP contribution in [0.5, 0.6) is 0 Å². The number of amides is 1. The lowest BCUT2D eigenvalue weighted by Gasteiger charge is -2.08. The van der Waals surface area contributed by atoms with E-state index in [4.69, 9.17) is 0 Å². The van der Waals surface area contributed by atoms with Gasteiger partial charge >= 0.3 is 0 Å². The Hall–Kier alpha value is -1.65. The molecule has 1 heterocycles. The van der Waals surface area contributed by atoms with Crippen LogP contribution in [0.4, 0.5) is 0 Å². The molecule has 1 amide bonds. The number of nitrogens with one attached hydrogen (secondary N) is 1. The van der Waals surface area contributed by atoms with E-state index in [0.29, 0.717) is 12.5 Å².